The Morgan fingerprint density at radius 3 is 2.39 bits per heavy atom. The number of aromatic nitrogens is 1. The van der Waals surface area contributed by atoms with E-state index in [1.807, 2.05) is 12.1 Å². The molecule has 3 rings (SSSR count). The van der Waals surface area contributed by atoms with Crippen LogP contribution in [0.25, 0.3) is 10.9 Å². The van der Waals surface area contributed by atoms with Crippen LogP contribution in [-0.4, -0.2) is 22.6 Å². The molecule has 0 aliphatic heterocycles. The van der Waals surface area contributed by atoms with Crippen LogP contribution < -0.4 is 11.1 Å². The highest BCUT2D eigenvalue weighted by Crippen LogP contribution is 2.19. The van der Waals surface area contributed by atoms with E-state index in [1.165, 1.54) is 18.3 Å². The van der Waals surface area contributed by atoms with E-state index < -0.39 is 17.6 Å². The molecule has 114 valence electrons. The van der Waals surface area contributed by atoms with Gasteiger partial charge in [-0.3, -0.25) is 14.4 Å². The summed E-state index contributed by atoms with van der Waals surface area (Å²) >= 11 is 0. The van der Waals surface area contributed by atoms with E-state index in [1.54, 1.807) is 24.3 Å². The van der Waals surface area contributed by atoms with Gasteiger partial charge in [-0.15, -0.1) is 0 Å². The van der Waals surface area contributed by atoms with Gasteiger partial charge in [0.25, 0.3) is 17.6 Å². The molecule has 0 fully saturated rings. The van der Waals surface area contributed by atoms with Crippen LogP contribution in [0, 0.1) is 0 Å². The van der Waals surface area contributed by atoms with E-state index in [2.05, 4.69) is 10.3 Å². The number of hydrogen-bond donors (Lipinski definition) is 3. The summed E-state index contributed by atoms with van der Waals surface area (Å²) in [4.78, 5) is 38.9. The second kappa shape index (κ2) is 5.76. The number of ketones is 1. The zero-order chi connectivity index (χ0) is 16.4. The number of carbonyl (C=O) groups is 3. The molecule has 2 amide bonds. The predicted octanol–water partition coefficient (Wildman–Crippen LogP) is 2.09. The number of nitrogens with two attached hydrogens (primary N) is 1. The number of hydrogen-bond acceptors (Lipinski definition) is 3. The third-order valence-corrected chi connectivity index (χ3v) is 3.48. The summed E-state index contributed by atoms with van der Waals surface area (Å²) in [5.74, 6) is -2.20. The Hall–Kier alpha value is -3.41. The molecule has 0 unspecified atom stereocenters. The van der Waals surface area contributed by atoms with Crippen LogP contribution in [-0.2, 0) is 4.79 Å². The van der Waals surface area contributed by atoms with Crippen molar-refractivity contribution in [2.75, 3.05) is 5.32 Å². The van der Waals surface area contributed by atoms with E-state index in [0.29, 0.717) is 5.39 Å². The Morgan fingerprint density at radius 1 is 0.913 bits per heavy atom. The van der Waals surface area contributed by atoms with Crippen LogP contribution in [0.3, 0.4) is 0 Å². The maximum atomic E-state index is 12.4. The van der Waals surface area contributed by atoms with Crippen molar-refractivity contribution in [3.8, 4) is 0 Å². The highest BCUT2D eigenvalue weighted by molar-refractivity contribution is 6.48. The van der Waals surface area contributed by atoms with Crippen molar-refractivity contribution in [2.24, 2.45) is 5.73 Å². The molecule has 23 heavy (non-hydrogen) atoms. The first kappa shape index (κ1) is 14.5. The second-order valence-electron chi connectivity index (χ2n) is 4.94. The van der Waals surface area contributed by atoms with Crippen molar-refractivity contribution in [1.29, 1.82) is 0 Å². The molecule has 0 bridgehead atoms. The lowest BCUT2D eigenvalue weighted by Gasteiger charge is -2.07. The number of Topliss-reactive ketones (excluding diaryl/α,β-unsaturated/α-hetero) is 1. The Morgan fingerprint density at radius 2 is 1.61 bits per heavy atom. The molecule has 0 saturated heterocycles. The SMILES string of the molecule is NC(=O)c1ccccc1NC(=O)C(=O)c1c[nH]c2ccccc12. The average Bonchev–Trinajstić information content (AvgIpc) is 2.98. The fraction of sp³-hybridized carbons (Fsp3) is 0. The molecule has 0 aliphatic rings. The lowest BCUT2D eigenvalue weighted by atomic mass is 10.1. The summed E-state index contributed by atoms with van der Waals surface area (Å²) in [7, 11) is 0. The number of aromatic amines is 1. The number of amides is 2. The molecule has 3 aromatic rings. The number of fused-ring (bicyclic) bond motifs is 1. The number of anilines is 1. The Balaban J connectivity index is 1.89. The summed E-state index contributed by atoms with van der Waals surface area (Å²) < 4.78 is 0. The molecule has 0 spiro atoms. The lowest BCUT2D eigenvalue weighted by Crippen LogP contribution is -2.24. The normalized spacial score (nSPS) is 10.4. The van der Waals surface area contributed by atoms with Gasteiger partial charge in [-0.1, -0.05) is 30.3 Å². The summed E-state index contributed by atoms with van der Waals surface area (Å²) in [6, 6.07) is 13.4. The van der Waals surface area contributed by atoms with Crippen LogP contribution in [0.1, 0.15) is 20.7 Å². The maximum Gasteiger partial charge on any atom is 0.296 e. The van der Waals surface area contributed by atoms with Gasteiger partial charge in [0.2, 0.25) is 0 Å². The first-order valence-electron chi connectivity index (χ1n) is 6.88. The highest BCUT2D eigenvalue weighted by Gasteiger charge is 2.21. The molecule has 0 atom stereocenters. The van der Waals surface area contributed by atoms with Crippen molar-refractivity contribution in [2.45, 2.75) is 0 Å². The zero-order valence-electron chi connectivity index (χ0n) is 12.0. The standard InChI is InChI=1S/C17H13N3O3/c18-16(22)11-6-2-4-8-14(11)20-17(23)15(21)12-9-19-13-7-3-1-5-10(12)13/h1-9,19H,(H2,18,22)(H,20,23). The first-order valence-corrected chi connectivity index (χ1v) is 6.88. The number of rotatable bonds is 4. The first-order chi connectivity index (χ1) is 11.1. The Bertz CT molecular complexity index is 927. The smallest absolute Gasteiger partial charge is 0.296 e. The molecule has 2 aromatic carbocycles. The molecule has 6 heteroatoms. The number of nitrogens with one attached hydrogen (secondary N) is 2. The fourth-order valence-electron chi connectivity index (χ4n) is 2.37. The average molecular weight is 307 g/mol. The van der Waals surface area contributed by atoms with E-state index in [9.17, 15) is 14.4 Å². The van der Waals surface area contributed by atoms with Crippen molar-refractivity contribution in [3.63, 3.8) is 0 Å². The minimum Gasteiger partial charge on any atom is -0.366 e. The third kappa shape index (κ3) is 2.69. The van der Waals surface area contributed by atoms with E-state index in [0.717, 1.165) is 5.52 Å². The molecule has 4 N–H and O–H groups in total. The number of para-hydroxylation sites is 2. The molecule has 0 aliphatic carbocycles. The number of benzene rings is 2. The van der Waals surface area contributed by atoms with E-state index in [-0.39, 0.29) is 16.8 Å². The van der Waals surface area contributed by atoms with Crippen molar-refractivity contribution >= 4 is 34.2 Å². The van der Waals surface area contributed by atoms with Gasteiger partial charge in [-0.2, -0.15) is 0 Å². The van der Waals surface area contributed by atoms with Crippen LogP contribution in [0.2, 0.25) is 0 Å². The molecule has 1 heterocycles. The molecular weight excluding hydrogens is 294 g/mol. The second-order valence-corrected chi connectivity index (χ2v) is 4.94. The summed E-state index contributed by atoms with van der Waals surface area (Å²) in [5, 5.41) is 3.10. The zero-order valence-corrected chi connectivity index (χ0v) is 12.0. The van der Waals surface area contributed by atoms with Crippen molar-refractivity contribution < 1.29 is 14.4 Å². The molecular formula is C17H13N3O3. The summed E-state index contributed by atoms with van der Waals surface area (Å²) in [6.45, 7) is 0. The van der Waals surface area contributed by atoms with Gasteiger partial charge in [-0.25, -0.2) is 0 Å². The van der Waals surface area contributed by atoms with E-state index >= 15 is 0 Å². The van der Waals surface area contributed by atoms with Gasteiger partial charge in [-0.05, 0) is 18.2 Å². The predicted molar refractivity (Wildman–Crippen MR) is 86.2 cm³/mol. The largest absolute Gasteiger partial charge is 0.366 e. The van der Waals surface area contributed by atoms with Crippen LogP contribution >= 0.6 is 0 Å². The van der Waals surface area contributed by atoms with Gasteiger partial charge in [0.05, 0.1) is 16.8 Å². The van der Waals surface area contributed by atoms with Gasteiger partial charge < -0.3 is 16.0 Å². The van der Waals surface area contributed by atoms with Gasteiger partial charge in [0, 0.05) is 17.1 Å². The fourth-order valence-corrected chi connectivity index (χ4v) is 2.37. The quantitative estimate of drug-likeness (QED) is 0.507. The Labute approximate surface area is 131 Å². The Kier molecular flexibility index (Phi) is 3.64. The minimum absolute atomic E-state index is 0.146. The molecule has 0 radical (unpaired) electrons. The van der Waals surface area contributed by atoms with Gasteiger partial charge in [0.1, 0.15) is 0 Å². The highest BCUT2D eigenvalue weighted by atomic mass is 16.2. The molecule has 6 nitrogen and oxygen atoms in total. The van der Waals surface area contributed by atoms with Crippen molar-refractivity contribution in [1.82, 2.24) is 4.98 Å². The maximum absolute atomic E-state index is 12.4. The summed E-state index contributed by atoms with van der Waals surface area (Å²) in [6.07, 6.45) is 1.49. The van der Waals surface area contributed by atoms with Crippen LogP contribution in [0.15, 0.2) is 54.7 Å². The number of primary amides is 1. The third-order valence-electron chi connectivity index (χ3n) is 3.48. The van der Waals surface area contributed by atoms with Crippen LogP contribution in [0.5, 0.6) is 0 Å². The number of H-pyrrole nitrogens is 1. The monoisotopic (exact) mass is 307 g/mol. The van der Waals surface area contributed by atoms with Crippen molar-refractivity contribution in [3.05, 3.63) is 65.9 Å². The summed E-state index contributed by atoms with van der Waals surface area (Å²) in [5.41, 5.74) is 6.65. The van der Waals surface area contributed by atoms with Gasteiger partial charge >= 0.3 is 0 Å². The molecule has 0 saturated carbocycles. The minimum atomic E-state index is -0.830. The van der Waals surface area contributed by atoms with Crippen LogP contribution in [0.4, 0.5) is 5.69 Å². The number of carbonyl (C=O) groups excluding carboxylic acids is 3. The van der Waals surface area contributed by atoms with E-state index in [4.69, 9.17) is 5.73 Å². The lowest BCUT2D eigenvalue weighted by molar-refractivity contribution is -0.112. The topological polar surface area (TPSA) is 105 Å². The molecule has 1 aromatic heterocycles. The van der Waals surface area contributed by atoms with Gasteiger partial charge in [0.15, 0.2) is 0 Å².